The van der Waals surface area contributed by atoms with E-state index in [-0.39, 0.29) is 6.01 Å². The van der Waals surface area contributed by atoms with Crippen molar-refractivity contribution >= 4 is 23.2 Å². The van der Waals surface area contributed by atoms with Gasteiger partial charge in [0.15, 0.2) is 0 Å². The molecule has 8 heteroatoms. The molecule has 1 unspecified atom stereocenters. The maximum absolute atomic E-state index is 12.2. The molecule has 0 spiro atoms. The van der Waals surface area contributed by atoms with E-state index in [2.05, 4.69) is 16.9 Å². The molecule has 2 rings (SSSR count). The van der Waals surface area contributed by atoms with Crippen LogP contribution in [0.2, 0.25) is 0 Å². The van der Waals surface area contributed by atoms with Crippen LogP contribution in [-0.4, -0.2) is 27.7 Å². The number of carbonyl (C=O) groups is 2. The number of aromatic nitrogens is 2. The minimum absolute atomic E-state index is 0.276. The summed E-state index contributed by atoms with van der Waals surface area (Å²) in [6.45, 7) is 3.43. The highest BCUT2D eigenvalue weighted by Gasteiger charge is 2.20. The molecule has 21 heavy (non-hydrogen) atoms. The van der Waals surface area contributed by atoms with Gasteiger partial charge >= 0.3 is 18.1 Å². The number of amides is 2. The van der Waals surface area contributed by atoms with E-state index >= 15 is 0 Å². The van der Waals surface area contributed by atoms with Crippen molar-refractivity contribution < 1.29 is 14.3 Å². The van der Waals surface area contributed by atoms with E-state index in [1.54, 1.807) is 24.3 Å². The van der Waals surface area contributed by atoms with E-state index in [9.17, 15) is 9.59 Å². The molecule has 0 aliphatic carbocycles. The number of benzene rings is 1. The van der Waals surface area contributed by atoms with Crippen LogP contribution in [0.1, 0.15) is 0 Å². The van der Waals surface area contributed by atoms with Gasteiger partial charge in [-0.15, -0.1) is 0 Å². The molecule has 0 fully saturated rings. The van der Waals surface area contributed by atoms with E-state index in [1.165, 1.54) is 6.08 Å². The van der Waals surface area contributed by atoms with E-state index in [4.69, 9.17) is 15.7 Å². The summed E-state index contributed by atoms with van der Waals surface area (Å²) < 4.78 is 5.74. The molecular weight excluding hydrogens is 274 g/mol. The van der Waals surface area contributed by atoms with Crippen molar-refractivity contribution in [3.8, 4) is 12.1 Å². The first-order valence-electron chi connectivity index (χ1n) is 5.84. The molecule has 0 radical (unpaired) electrons. The van der Waals surface area contributed by atoms with E-state index < -0.39 is 18.2 Å². The Hall–Kier alpha value is -3.34. The highest BCUT2D eigenvalue weighted by Crippen LogP contribution is 2.21. The number of hydrogen-bond acceptors (Lipinski definition) is 5. The molecule has 2 aromatic rings. The summed E-state index contributed by atoms with van der Waals surface area (Å²) in [5.74, 6) is 0. The van der Waals surface area contributed by atoms with Crippen LogP contribution in [0.4, 0.5) is 9.59 Å². The van der Waals surface area contributed by atoms with Crippen LogP contribution in [0.25, 0.3) is 11.0 Å². The molecule has 106 valence electrons. The Morgan fingerprint density at radius 3 is 2.86 bits per heavy atom. The summed E-state index contributed by atoms with van der Waals surface area (Å²) in [5.41, 5.74) is 5.80. The Morgan fingerprint density at radius 2 is 2.24 bits per heavy atom. The zero-order valence-electron chi connectivity index (χ0n) is 10.8. The fraction of sp³-hybridized carbons (Fsp3) is 0.0769. The van der Waals surface area contributed by atoms with Gasteiger partial charge in [0.25, 0.3) is 0 Å². The molecule has 2 amide bonds. The molecule has 1 aromatic heterocycles. The minimum atomic E-state index is -1.10. The van der Waals surface area contributed by atoms with Crippen LogP contribution in [0.5, 0.6) is 6.01 Å². The van der Waals surface area contributed by atoms with Gasteiger partial charge in [-0.25, -0.2) is 14.2 Å². The van der Waals surface area contributed by atoms with Crippen LogP contribution in [0, 0.1) is 11.3 Å². The zero-order valence-corrected chi connectivity index (χ0v) is 10.8. The predicted octanol–water partition coefficient (Wildman–Crippen LogP) is 1.13. The minimum Gasteiger partial charge on any atom is -0.375 e. The Morgan fingerprint density at radius 1 is 1.52 bits per heavy atom. The smallest absolute Gasteiger partial charge is 0.375 e. The first-order valence-corrected chi connectivity index (χ1v) is 5.84. The second-order valence-corrected chi connectivity index (χ2v) is 3.93. The molecule has 0 saturated heterocycles. The first-order chi connectivity index (χ1) is 10.1. The Kier molecular flexibility index (Phi) is 3.85. The van der Waals surface area contributed by atoms with Gasteiger partial charge in [-0.3, -0.25) is 0 Å². The van der Waals surface area contributed by atoms with Gasteiger partial charge in [-0.2, -0.15) is 10.2 Å². The lowest BCUT2D eigenvalue weighted by Crippen LogP contribution is -2.36. The van der Waals surface area contributed by atoms with Gasteiger partial charge < -0.3 is 15.8 Å². The summed E-state index contributed by atoms with van der Waals surface area (Å²) in [5, 5.41) is 11.2. The number of rotatable bonds is 3. The van der Waals surface area contributed by atoms with Crippen molar-refractivity contribution in [2.45, 2.75) is 6.04 Å². The number of hydrogen-bond donors (Lipinski definition) is 2. The predicted molar refractivity (Wildman–Crippen MR) is 73.5 cm³/mol. The normalized spacial score (nSPS) is 11.4. The van der Waals surface area contributed by atoms with Crippen LogP contribution in [0.15, 0.2) is 36.9 Å². The molecule has 0 saturated carbocycles. The zero-order chi connectivity index (χ0) is 15.4. The number of carbonyl (C=O) groups excluding carboxylic acids is 2. The van der Waals surface area contributed by atoms with E-state index in [0.717, 1.165) is 4.57 Å². The molecule has 8 nitrogen and oxygen atoms in total. The lowest BCUT2D eigenvalue weighted by Gasteiger charge is -2.10. The lowest BCUT2D eigenvalue weighted by atomic mass is 10.3. The summed E-state index contributed by atoms with van der Waals surface area (Å²) in [6.07, 6.45) is 0.172. The van der Waals surface area contributed by atoms with Gasteiger partial charge in [0.1, 0.15) is 6.04 Å². The van der Waals surface area contributed by atoms with Crippen LogP contribution < -0.4 is 15.8 Å². The largest absolute Gasteiger partial charge is 0.412 e. The molecule has 0 aliphatic rings. The highest BCUT2D eigenvalue weighted by atomic mass is 16.6. The summed E-state index contributed by atoms with van der Waals surface area (Å²) in [7, 11) is 0. The number of ether oxygens (including phenoxy) is 1. The number of primary amides is 1. The van der Waals surface area contributed by atoms with Crippen LogP contribution in [-0.2, 0) is 0 Å². The van der Waals surface area contributed by atoms with Crippen LogP contribution >= 0.6 is 0 Å². The third-order valence-electron chi connectivity index (χ3n) is 2.58. The monoisotopic (exact) mass is 285 g/mol. The quantitative estimate of drug-likeness (QED) is 0.818. The topological polar surface area (TPSA) is 123 Å². The first kappa shape index (κ1) is 14.1. The average molecular weight is 285 g/mol. The Labute approximate surface area is 119 Å². The van der Waals surface area contributed by atoms with Crippen molar-refractivity contribution in [3.05, 3.63) is 36.9 Å². The number of para-hydroxylation sites is 2. The molecule has 0 aliphatic heterocycles. The number of nitrogens with zero attached hydrogens (tertiary/aromatic N) is 3. The van der Waals surface area contributed by atoms with E-state index in [1.807, 2.05) is 6.07 Å². The molecule has 1 aromatic carbocycles. The third kappa shape index (κ3) is 2.82. The SMILES string of the molecule is C=CC(C#N)NC(=O)n1c(OC(N)=O)nc2ccccc21. The van der Waals surface area contributed by atoms with Crippen molar-refractivity contribution in [2.75, 3.05) is 0 Å². The van der Waals surface area contributed by atoms with Gasteiger partial charge in [-0.05, 0) is 12.1 Å². The summed E-state index contributed by atoms with van der Waals surface area (Å²) in [6, 6.07) is 6.65. The van der Waals surface area contributed by atoms with E-state index in [0.29, 0.717) is 11.0 Å². The maximum atomic E-state index is 12.2. The summed E-state index contributed by atoms with van der Waals surface area (Å²) in [4.78, 5) is 27.1. The highest BCUT2D eigenvalue weighted by molar-refractivity contribution is 5.91. The van der Waals surface area contributed by atoms with Gasteiger partial charge in [0.2, 0.25) is 0 Å². The molecular formula is C13H11N5O3. The number of nitrogens with one attached hydrogen (secondary N) is 1. The van der Waals surface area contributed by atoms with Gasteiger partial charge in [-0.1, -0.05) is 24.8 Å². The van der Waals surface area contributed by atoms with Crippen molar-refractivity contribution in [3.63, 3.8) is 0 Å². The van der Waals surface area contributed by atoms with Crippen molar-refractivity contribution in [2.24, 2.45) is 5.73 Å². The average Bonchev–Trinajstić information content (AvgIpc) is 2.81. The molecule has 1 atom stereocenters. The Bertz CT molecular complexity index is 759. The van der Waals surface area contributed by atoms with Crippen LogP contribution in [0.3, 0.4) is 0 Å². The maximum Gasteiger partial charge on any atom is 0.412 e. The Balaban J connectivity index is 2.49. The lowest BCUT2D eigenvalue weighted by molar-refractivity contribution is 0.204. The number of nitrogens with two attached hydrogens (primary N) is 1. The summed E-state index contributed by atoms with van der Waals surface area (Å²) >= 11 is 0. The number of nitriles is 1. The third-order valence-corrected chi connectivity index (χ3v) is 2.58. The molecule has 1 heterocycles. The van der Waals surface area contributed by atoms with Crippen molar-refractivity contribution in [1.82, 2.24) is 14.9 Å². The number of imidazole rings is 1. The van der Waals surface area contributed by atoms with Gasteiger partial charge in [0, 0.05) is 0 Å². The molecule has 3 N–H and O–H groups in total. The fourth-order valence-electron chi connectivity index (χ4n) is 1.70. The molecule has 0 bridgehead atoms. The second kappa shape index (κ2) is 5.75. The second-order valence-electron chi connectivity index (χ2n) is 3.93. The fourth-order valence-corrected chi connectivity index (χ4v) is 1.70. The number of fused-ring (bicyclic) bond motifs is 1. The van der Waals surface area contributed by atoms with Crippen molar-refractivity contribution in [1.29, 1.82) is 5.26 Å². The standard InChI is InChI=1S/C13H11N5O3/c1-2-8(7-14)16-12(20)18-10-6-4-3-5-9(10)17-13(18)21-11(15)19/h2-6,8H,1H2,(H2,15,19)(H,16,20). The van der Waals surface area contributed by atoms with Gasteiger partial charge in [0.05, 0.1) is 17.1 Å².